The number of aldehydes is 1. The second-order valence-electron chi connectivity index (χ2n) is 4.90. The number of carbonyl (C=O) groups excluding carboxylic acids is 3. The van der Waals surface area contributed by atoms with Crippen molar-refractivity contribution in [2.75, 3.05) is 6.61 Å². The molecule has 1 unspecified atom stereocenters. The summed E-state index contributed by atoms with van der Waals surface area (Å²) in [6.45, 7) is 8.72. The highest BCUT2D eigenvalue weighted by Gasteiger charge is 2.18. The smallest absolute Gasteiger partial charge is 0.408 e. The lowest BCUT2D eigenvalue weighted by molar-refractivity contribution is -0.155. The summed E-state index contributed by atoms with van der Waals surface area (Å²) < 4.78 is 9.76. The normalized spacial score (nSPS) is 12.2. The maximum absolute atomic E-state index is 11.4. The minimum absolute atomic E-state index is 0.0441. The summed E-state index contributed by atoms with van der Waals surface area (Å²) in [4.78, 5) is 33.4. The predicted molar refractivity (Wildman–Crippen MR) is 69.6 cm³/mol. The van der Waals surface area contributed by atoms with Crippen molar-refractivity contribution in [2.45, 2.75) is 45.3 Å². The Balaban J connectivity index is 4.06. The first-order chi connectivity index (χ1) is 8.78. The number of esters is 1. The van der Waals surface area contributed by atoms with Gasteiger partial charge in [0.1, 0.15) is 18.5 Å². The Hall–Kier alpha value is -1.85. The average molecular weight is 271 g/mol. The Morgan fingerprint density at radius 1 is 1.37 bits per heavy atom. The Labute approximate surface area is 113 Å². The van der Waals surface area contributed by atoms with E-state index in [0.717, 1.165) is 0 Å². The monoisotopic (exact) mass is 271 g/mol. The van der Waals surface area contributed by atoms with E-state index in [-0.39, 0.29) is 19.4 Å². The van der Waals surface area contributed by atoms with Gasteiger partial charge < -0.3 is 19.6 Å². The molecule has 0 heterocycles. The second-order valence-corrected chi connectivity index (χ2v) is 4.90. The minimum atomic E-state index is -0.773. The van der Waals surface area contributed by atoms with Gasteiger partial charge in [0.15, 0.2) is 0 Å². The summed E-state index contributed by atoms with van der Waals surface area (Å²) in [6, 6.07) is -0.773. The van der Waals surface area contributed by atoms with Crippen LogP contribution in [-0.2, 0) is 19.1 Å². The quantitative estimate of drug-likeness (QED) is 0.432. The molecule has 0 aliphatic rings. The predicted octanol–water partition coefficient (Wildman–Crippen LogP) is 1.59. The van der Waals surface area contributed by atoms with E-state index in [4.69, 9.17) is 4.74 Å². The first-order valence-corrected chi connectivity index (χ1v) is 6.00. The molecular formula is C13H21NO5. The van der Waals surface area contributed by atoms with Gasteiger partial charge in [0.25, 0.3) is 0 Å². The minimum Gasteiger partial charge on any atom is -0.460 e. The number of nitrogens with one attached hydrogen (secondary N) is 1. The summed E-state index contributed by atoms with van der Waals surface area (Å²) in [6.07, 6.45) is 1.46. The highest BCUT2D eigenvalue weighted by atomic mass is 16.6. The zero-order chi connectivity index (χ0) is 14.9. The van der Waals surface area contributed by atoms with Gasteiger partial charge in [-0.15, -0.1) is 0 Å². The molecule has 6 heteroatoms. The zero-order valence-corrected chi connectivity index (χ0v) is 11.6. The Morgan fingerprint density at radius 3 is 2.47 bits per heavy atom. The average Bonchev–Trinajstić information content (AvgIpc) is 2.29. The lowest BCUT2D eigenvalue weighted by Gasteiger charge is -2.20. The van der Waals surface area contributed by atoms with E-state index in [1.54, 1.807) is 20.8 Å². The zero-order valence-electron chi connectivity index (χ0n) is 11.6. The van der Waals surface area contributed by atoms with E-state index in [2.05, 4.69) is 16.6 Å². The largest absolute Gasteiger partial charge is 0.460 e. The van der Waals surface area contributed by atoms with Crippen LogP contribution in [-0.4, -0.2) is 36.6 Å². The van der Waals surface area contributed by atoms with Crippen LogP contribution in [0.4, 0.5) is 4.79 Å². The fourth-order valence-corrected chi connectivity index (χ4v) is 1.17. The molecule has 0 aliphatic heterocycles. The van der Waals surface area contributed by atoms with Crippen molar-refractivity contribution in [1.82, 2.24) is 5.32 Å². The Bertz CT molecular complexity index is 332. The van der Waals surface area contributed by atoms with Crippen molar-refractivity contribution in [3.8, 4) is 0 Å². The van der Waals surface area contributed by atoms with Crippen LogP contribution in [0, 0.1) is 0 Å². The summed E-state index contributed by atoms with van der Waals surface area (Å²) >= 11 is 0. The summed E-state index contributed by atoms with van der Waals surface area (Å²) in [5.41, 5.74) is -0.565. The molecule has 0 aromatic carbocycles. The standard InChI is InChI=1S/C13H21NO5/c1-5-8-18-12(17)14-10(9-15)6-7-11(16)19-13(2,3)4/h5,9-10H,1,6-8H2,2-4H3,(H,14,17). The van der Waals surface area contributed by atoms with Crippen molar-refractivity contribution in [1.29, 1.82) is 0 Å². The van der Waals surface area contributed by atoms with Gasteiger partial charge in [-0.25, -0.2) is 4.79 Å². The van der Waals surface area contributed by atoms with Gasteiger partial charge in [0.05, 0.1) is 6.04 Å². The molecule has 0 spiro atoms. The maximum Gasteiger partial charge on any atom is 0.408 e. The van der Waals surface area contributed by atoms with Crippen molar-refractivity contribution in [3.05, 3.63) is 12.7 Å². The summed E-state index contributed by atoms with van der Waals surface area (Å²) in [5, 5.41) is 2.33. The molecule has 0 aromatic heterocycles. The van der Waals surface area contributed by atoms with Crippen LogP contribution in [0.2, 0.25) is 0 Å². The lowest BCUT2D eigenvalue weighted by atomic mass is 10.1. The molecule has 0 rings (SSSR count). The number of carbonyl (C=O) groups is 3. The van der Waals surface area contributed by atoms with Gasteiger partial charge in [0.2, 0.25) is 0 Å². The van der Waals surface area contributed by atoms with E-state index >= 15 is 0 Å². The molecule has 1 N–H and O–H groups in total. The van der Waals surface area contributed by atoms with Crippen LogP contribution < -0.4 is 5.32 Å². The molecule has 0 aliphatic carbocycles. The highest BCUT2D eigenvalue weighted by molar-refractivity contribution is 5.74. The fraction of sp³-hybridized carbons (Fsp3) is 0.615. The number of ether oxygens (including phenoxy) is 2. The van der Waals surface area contributed by atoms with Gasteiger partial charge in [0, 0.05) is 6.42 Å². The SMILES string of the molecule is C=CCOC(=O)NC(C=O)CCC(=O)OC(C)(C)C. The molecule has 0 radical (unpaired) electrons. The van der Waals surface area contributed by atoms with Crippen molar-refractivity contribution < 1.29 is 23.9 Å². The Kier molecular flexibility index (Phi) is 7.48. The molecule has 0 saturated heterocycles. The number of rotatable bonds is 7. The van der Waals surface area contributed by atoms with Crippen LogP contribution in [0.25, 0.3) is 0 Å². The molecule has 0 saturated carbocycles. The topological polar surface area (TPSA) is 81.7 Å². The fourth-order valence-electron chi connectivity index (χ4n) is 1.17. The molecule has 19 heavy (non-hydrogen) atoms. The van der Waals surface area contributed by atoms with Gasteiger partial charge >= 0.3 is 12.1 Å². The van der Waals surface area contributed by atoms with Gasteiger partial charge in [-0.3, -0.25) is 4.79 Å². The third kappa shape index (κ3) is 9.82. The van der Waals surface area contributed by atoms with Crippen molar-refractivity contribution >= 4 is 18.3 Å². The summed E-state index contributed by atoms with van der Waals surface area (Å²) in [5.74, 6) is -0.416. The molecule has 1 atom stereocenters. The molecular weight excluding hydrogens is 250 g/mol. The van der Waals surface area contributed by atoms with Gasteiger partial charge in [-0.1, -0.05) is 12.7 Å². The third-order valence-electron chi connectivity index (χ3n) is 1.88. The third-order valence-corrected chi connectivity index (χ3v) is 1.88. The van der Waals surface area contributed by atoms with E-state index in [9.17, 15) is 14.4 Å². The number of hydrogen-bond donors (Lipinski definition) is 1. The van der Waals surface area contributed by atoms with Crippen LogP contribution in [0.3, 0.4) is 0 Å². The van der Waals surface area contributed by atoms with Crippen molar-refractivity contribution in [3.63, 3.8) is 0 Å². The van der Waals surface area contributed by atoms with Crippen LogP contribution in [0.15, 0.2) is 12.7 Å². The van der Waals surface area contributed by atoms with E-state index in [0.29, 0.717) is 6.29 Å². The Morgan fingerprint density at radius 2 is 2.00 bits per heavy atom. The molecule has 0 fully saturated rings. The number of amides is 1. The molecule has 0 bridgehead atoms. The molecule has 6 nitrogen and oxygen atoms in total. The van der Waals surface area contributed by atoms with E-state index in [1.807, 2.05) is 0 Å². The van der Waals surface area contributed by atoms with E-state index in [1.165, 1.54) is 6.08 Å². The first kappa shape index (κ1) is 17.2. The van der Waals surface area contributed by atoms with Crippen molar-refractivity contribution in [2.24, 2.45) is 0 Å². The van der Waals surface area contributed by atoms with E-state index < -0.39 is 23.7 Å². The maximum atomic E-state index is 11.4. The van der Waals surface area contributed by atoms with Gasteiger partial charge in [-0.05, 0) is 27.2 Å². The summed E-state index contributed by atoms with van der Waals surface area (Å²) in [7, 11) is 0. The first-order valence-electron chi connectivity index (χ1n) is 6.00. The second kappa shape index (κ2) is 8.29. The lowest BCUT2D eigenvalue weighted by Crippen LogP contribution is -2.37. The molecule has 1 amide bonds. The number of alkyl carbamates (subject to hydrolysis) is 1. The molecule has 0 aromatic rings. The van der Waals surface area contributed by atoms with Crippen LogP contribution in [0.5, 0.6) is 0 Å². The van der Waals surface area contributed by atoms with Gasteiger partial charge in [-0.2, -0.15) is 0 Å². The molecule has 108 valence electrons. The van der Waals surface area contributed by atoms with Crippen LogP contribution in [0.1, 0.15) is 33.6 Å². The number of hydrogen-bond acceptors (Lipinski definition) is 5. The van der Waals surface area contributed by atoms with Crippen LogP contribution >= 0.6 is 0 Å². The highest BCUT2D eigenvalue weighted by Crippen LogP contribution is 2.09.